The highest BCUT2D eigenvalue weighted by Crippen LogP contribution is 2.28. The van der Waals surface area contributed by atoms with Crippen molar-refractivity contribution in [3.8, 4) is 11.3 Å². The zero-order valence-electron chi connectivity index (χ0n) is 13.6. The molecular formula is C19H19F2N3O. The summed E-state index contributed by atoms with van der Waals surface area (Å²) >= 11 is 0. The maximum absolute atomic E-state index is 14.1. The fourth-order valence-corrected chi connectivity index (χ4v) is 2.82. The third-order valence-corrected chi connectivity index (χ3v) is 3.99. The van der Waals surface area contributed by atoms with Crippen molar-refractivity contribution < 1.29 is 13.9 Å². The number of aromatic amines is 1. The van der Waals surface area contributed by atoms with Gasteiger partial charge in [0.05, 0.1) is 24.1 Å². The van der Waals surface area contributed by atoms with Crippen LogP contribution in [-0.2, 0) is 13.1 Å². The molecule has 25 heavy (non-hydrogen) atoms. The van der Waals surface area contributed by atoms with E-state index in [2.05, 4.69) is 10.2 Å². The molecule has 0 bridgehead atoms. The lowest BCUT2D eigenvalue weighted by molar-refractivity contribution is 0.184. The summed E-state index contributed by atoms with van der Waals surface area (Å²) in [5.41, 5.74) is 1.98. The first-order valence-electron chi connectivity index (χ1n) is 8.03. The zero-order valence-corrected chi connectivity index (χ0v) is 13.6. The van der Waals surface area contributed by atoms with Gasteiger partial charge in [-0.3, -0.25) is 10.00 Å². The van der Waals surface area contributed by atoms with Gasteiger partial charge < -0.3 is 5.11 Å². The van der Waals surface area contributed by atoms with E-state index in [9.17, 15) is 13.9 Å². The van der Waals surface area contributed by atoms with Crippen molar-refractivity contribution in [3.63, 3.8) is 0 Å². The van der Waals surface area contributed by atoms with Gasteiger partial charge in [0.2, 0.25) is 0 Å². The summed E-state index contributed by atoms with van der Waals surface area (Å²) in [5, 5.41) is 16.0. The van der Waals surface area contributed by atoms with Crippen molar-refractivity contribution in [1.82, 2.24) is 15.1 Å². The summed E-state index contributed by atoms with van der Waals surface area (Å²) in [7, 11) is 0. The number of nitrogens with zero attached hydrogens (tertiary/aromatic N) is 2. The minimum Gasteiger partial charge on any atom is -0.395 e. The highest BCUT2D eigenvalue weighted by molar-refractivity contribution is 5.64. The number of aromatic nitrogens is 2. The molecule has 130 valence electrons. The van der Waals surface area contributed by atoms with Gasteiger partial charge in [-0.15, -0.1) is 0 Å². The molecule has 0 atom stereocenters. The van der Waals surface area contributed by atoms with Gasteiger partial charge in [-0.25, -0.2) is 8.78 Å². The Morgan fingerprint density at radius 3 is 2.36 bits per heavy atom. The van der Waals surface area contributed by atoms with Crippen molar-refractivity contribution in [2.24, 2.45) is 0 Å². The predicted molar refractivity (Wildman–Crippen MR) is 91.6 cm³/mol. The minimum absolute atomic E-state index is 0.00588. The molecule has 6 heteroatoms. The number of aliphatic hydroxyl groups excluding tert-OH is 1. The fourth-order valence-electron chi connectivity index (χ4n) is 2.82. The van der Waals surface area contributed by atoms with Crippen LogP contribution < -0.4 is 0 Å². The molecule has 4 nitrogen and oxygen atoms in total. The lowest BCUT2D eigenvalue weighted by Gasteiger charge is -2.21. The van der Waals surface area contributed by atoms with Gasteiger partial charge in [0, 0.05) is 25.2 Å². The van der Waals surface area contributed by atoms with E-state index in [0.717, 1.165) is 5.56 Å². The molecule has 0 fully saturated rings. The van der Waals surface area contributed by atoms with E-state index in [0.29, 0.717) is 30.9 Å². The third kappa shape index (κ3) is 4.10. The number of aliphatic hydroxyl groups is 1. The third-order valence-electron chi connectivity index (χ3n) is 3.99. The second kappa shape index (κ2) is 8.00. The van der Waals surface area contributed by atoms with Crippen LogP contribution in [0, 0.1) is 11.6 Å². The van der Waals surface area contributed by atoms with Crippen molar-refractivity contribution in [2.75, 3.05) is 13.2 Å². The van der Waals surface area contributed by atoms with Crippen LogP contribution in [0.1, 0.15) is 11.1 Å². The SMILES string of the molecule is OCCN(Cc1ccccc1)Cc1cn[nH]c1-c1c(F)cccc1F. The van der Waals surface area contributed by atoms with Crippen molar-refractivity contribution in [2.45, 2.75) is 13.1 Å². The number of rotatable bonds is 7. The molecule has 1 aromatic heterocycles. The van der Waals surface area contributed by atoms with Crippen molar-refractivity contribution in [3.05, 3.63) is 77.5 Å². The van der Waals surface area contributed by atoms with E-state index in [1.54, 1.807) is 6.20 Å². The summed E-state index contributed by atoms with van der Waals surface area (Å²) in [6.45, 7) is 1.47. The van der Waals surface area contributed by atoms with E-state index in [-0.39, 0.29) is 12.2 Å². The molecule has 3 aromatic rings. The smallest absolute Gasteiger partial charge is 0.135 e. The highest BCUT2D eigenvalue weighted by atomic mass is 19.1. The van der Waals surface area contributed by atoms with E-state index in [1.807, 2.05) is 35.2 Å². The minimum atomic E-state index is -0.637. The van der Waals surface area contributed by atoms with Gasteiger partial charge >= 0.3 is 0 Å². The van der Waals surface area contributed by atoms with E-state index in [4.69, 9.17) is 0 Å². The normalized spacial score (nSPS) is 11.2. The van der Waals surface area contributed by atoms with Gasteiger partial charge in [0.1, 0.15) is 11.6 Å². The molecule has 2 aromatic carbocycles. The Labute approximate surface area is 144 Å². The maximum atomic E-state index is 14.1. The Morgan fingerprint density at radius 2 is 1.68 bits per heavy atom. The molecule has 0 saturated heterocycles. The standard InChI is InChI=1S/C19H19F2N3O/c20-16-7-4-8-17(21)18(16)19-15(11-22-23-19)13-24(9-10-25)12-14-5-2-1-3-6-14/h1-8,11,25H,9-10,12-13H2,(H,22,23). The molecule has 2 N–H and O–H groups in total. The number of hydrogen-bond acceptors (Lipinski definition) is 3. The van der Waals surface area contributed by atoms with Crippen LogP contribution in [0.15, 0.2) is 54.7 Å². The second-order valence-corrected chi connectivity index (χ2v) is 5.79. The Balaban J connectivity index is 1.85. The summed E-state index contributed by atoms with van der Waals surface area (Å²) < 4.78 is 28.2. The van der Waals surface area contributed by atoms with Crippen LogP contribution in [0.2, 0.25) is 0 Å². The first-order valence-corrected chi connectivity index (χ1v) is 8.03. The van der Waals surface area contributed by atoms with Gasteiger partial charge in [-0.2, -0.15) is 5.10 Å². The molecule has 0 radical (unpaired) electrons. The average Bonchev–Trinajstić information content (AvgIpc) is 3.04. The highest BCUT2D eigenvalue weighted by Gasteiger charge is 2.18. The largest absolute Gasteiger partial charge is 0.395 e. The number of benzene rings is 2. The van der Waals surface area contributed by atoms with Crippen molar-refractivity contribution >= 4 is 0 Å². The Morgan fingerprint density at radius 1 is 0.960 bits per heavy atom. The van der Waals surface area contributed by atoms with Gasteiger partial charge in [0.15, 0.2) is 0 Å². The molecule has 0 aliphatic heterocycles. The molecule has 0 amide bonds. The molecule has 0 aliphatic rings. The number of hydrogen-bond donors (Lipinski definition) is 2. The van der Waals surface area contributed by atoms with E-state index >= 15 is 0 Å². The summed E-state index contributed by atoms with van der Waals surface area (Å²) in [6.07, 6.45) is 1.57. The first-order chi connectivity index (χ1) is 12.2. The predicted octanol–water partition coefficient (Wildman–Crippen LogP) is 3.35. The fraction of sp³-hybridized carbons (Fsp3) is 0.211. The lowest BCUT2D eigenvalue weighted by Crippen LogP contribution is -2.26. The molecular weight excluding hydrogens is 324 g/mol. The maximum Gasteiger partial charge on any atom is 0.135 e. The van der Waals surface area contributed by atoms with E-state index < -0.39 is 11.6 Å². The summed E-state index contributed by atoms with van der Waals surface area (Å²) in [5.74, 6) is -1.27. The Kier molecular flexibility index (Phi) is 5.53. The van der Waals surface area contributed by atoms with Crippen LogP contribution in [0.4, 0.5) is 8.78 Å². The molecule has 1 heterocycles. The molecule has 0 saturated carbocycles. The van der Waals surface area contributed by atoms with Crippen molar-refractivity contribution in [1.29, 1.82) is 0 Å². The first kappa shape index (κ1) is 17.3. The van der Waals surface area contributed by atoms with E-state index in [1.165, 1.54) is 18.2 Å². The summed E-state index contributed by atoms with van der Waals surface area (Å²) in [4.78, 5) is 2.00. The average molecular weight is 343 g/mol. The zero-order chi connectivity index (χ0) is 17.6. The number of nitrogens with one attached hydrogen (secondary N) is 1. The quantitative estimate of drug-likeness (QED) is 0.692. The van der Waals surface area contributed by atoms with Crippen LogP contribution in [0.25, 0.3) is 11.3 Å². The second-order valence-electron chi connectivity index (χ2n) is 5.79. The van der Waals surface area contributed by atoms with Gasteiger partial charge in [-0.05, 0) is 17.7 Å². The lowest BCUT2D eigenvalue weighted by atomic mass is 10.1. The van der Waals surface area contributed by atoms with Crippen LogP contribution in [0.5, 0.6) is 0 Å². The monoisotopic (exact) mass is 343 g/mol. The van der Waals surface area contributed by atoms with Crippen LogP contribution in [0.3, 0.4) is 0 Å². The summed E-state index contributed by atoms with van der Waals surface area (Å²) in [6, 6.07) is 13.6. The molecule has 0 aliphatic carbocycles. The van der Waals surface area contributed by atoms with Gasteiger partial charge in [0.25, 0.3) is 0 Å². The Bertz CT molecular complexity index is 800. The number of halogens is 2. The molecule has 0 spiro atoms. The molecule has 0 unspecified atom stereocenters. The van der Waals surface area contributed by atoms with Gasteiger partial charge in [-0.1, -0.05) is 36.4 Å². The Hall–Kier alpha value is -2.57. The van der Waals surface area contributed by atoms with Crippen LogP contribution >= 0.6 is 0 Å². The molecule has 3 rings (SSSR count). The number of H-pyrrole nitrogens is 1. The topological polar surface area (TPSA) is 52.1 Å². The van der Waals surface area contributed by atoms with Crippen LogP contribution in [-0.4, -0.2) is 33.4 Å².